The lowest BCUT2D eigenvalue weighted by molar-refractivity contribution is -0.385. The van der Waals surface area contributed by atoms with Crippen LogP contribution in [0.15, 0.2) is 27.1 Å². The summed E-state index contributed by atoms with van der Waals surface area (Å²) < 4.78 is 5.52. The zero-order valence-corrected chi connectivity index (χ0v) is 12.2. The maximum absolute atomic E-state index is 12.0. The highest BCUT2D eigenvalue weighted by molar-refractivity contribution is 9.10. The Kier molecular flexibility index (Phi) is 3.84. The van der Waals surface area contributed by atoms with Gasteiger partial charge in [-0.05, 0) is 35.0 Å². The molecule has 2 rings (SSSR count). The number of hydrogen-bond acceptors (Lipinski definition) is 5. The maximum Gasteiger partial charge on any atom is 0.293 e. The summed E-state index contributed by atoms with van der Waals surface area (Å²) in [5, 5.41) is 13.4. The third-order valence-electron chi connectivity index (χ3n) is 2.51. The van der Waals surface area contributed by atoms with Gasteiger partial charge in [0.25, 0.3) is 11.6 Å². The largest absolute Gasteiger partial charge is 0.436 e. The normalized spacial score (nSPS) is 10.3. The molecule has 1 aromatic heterocycles. The molecule has 0 fully saturated rings. The Morgan fingerprint density at radius 1 is 1.45 bits per heavy atom. The van der Waals surface area contributed by atoms with Crippen molar-refractivity contribution in [1.29, 1.82) is 0 Å². The molecule has 0 atom stereocenters. The molecule has 0 aliphatic rings. The first-order valence-electron chi connectivity index (χ1n) is 5.58. The first-order valence-corrected chi connectivity index (χ1v) is 6.37. The van der Waals surface area contributed by atoms with E-state index >= 15 is 0 Å². The third kappa shape index (κ3) is 2.85. The first kappa shape index (κ1) is 14.2. The average molecular weight is 340 g/mol. The van der Waals surface area contributed by atoms with E-state index in [1.165, 1.54) is 12.1 Å². The first-order chi connectivity index (χ1) is 9.38. The number of oxazole rings is 1. The van der Waals surface area contributed by atoms with Gasteiger partial charge in [0.15, 0.2) is 5.89 Å². The van der Waals surface area contributed by atoms with Crippen molar-refractivity contribution in [2.45, 2.75) is 13.8 Å². The molecule has 104 valence electrons. The van der Waals surface area contributed by atoms with Crippen molar-refractivity contribution in [3.63, 3.8) is 0 Å². The lowest BCUT2D eigenvalue weighted by Crippen LogP contribution is -2.12. The maximum atomic E-state index is 12.0. The van der Waals surface area contributed by atoms with Crippen molar-refractivity contribution in [2.24, 2.45) is 0 Å². The Morgan fingerprint density at radius 3 is 2.70 bits per heavy atom. The van der Waals surface area contributed by atoms with Crippen molar-refractivity contribution in [3.8, 4) is 0 Å². The van der Waals surface area contributed by atoms with Crippen LogP contribution in [0.1, 0.15) is 22.1 Å². The Hall–Kier alpha value is -2.22. The molecule has 0 aliphatic heterocycles. The Balaban J connectivity index is 2.26. The number of nitrogens with one attached hydrogen (secondary N) is 1. The molecule has 2 aromatic rings. The molecule has 1 N–H and O–H groups in total. The van der Waals surface area contributed by atoms with Crippen molar-refractivity contribution >= 4 is 33.2 Å². The van der Waals surface area contributed by atoms with Gasteiger partial charge in [-0.3, -0.25) is 14.9 Å². The molecule has 0 aliphatic carbocycles. The minimum absolute atomic E-state index is 0.0908. The predicted octanol–water partition coefficient (Wildman–Crippen LogP) is 3.21. The number of carbonyl (C=O) groups excluding carboxylic acids is 1. The standard InChI is InChI=1S/C12H10BrN3O4/c1-6-11(20-7(2)14-6)12(17)15-8-3-4-9(13)10(5-8)16(18)19/h3-5H,1-2H3,(H,15,17). The second-order valence-electron chi connectivity index (χ2n) is 4.02. The molecule has 1 amide bonds. The summed E-state index contributed by atoms with van der Waals surface area (Å²) in [7, 11) is 0. The number of nitro benzene ring substituents is 1. The molecule has 0 saturated heterocycles. The monoisotopic (exact) mass is 339 g/mol. The van der Waals surface area contributed by atoms with E-state index < -0.39 is 10.8 Å². The summed E-state index contributed by atoms with van der Waals surface area (Å²) >= 11 is 3.07. The smallest absolute Gasteiger partial charge is 0.293 e. The predicted molar refractivity (Wildman–Crippen MR) is 74.7 cm³/mol. The number of nitrogens with zero attached hydrogens (tertiary/aromatic N) is 2. The lowest BCUT2D eigenvalue weighted by Gasteiger charge is -2.04. The topological polar surface area (TPSA) is 98.3 Å². The molecule has 1 aromatic carbocycles. The van der Waals surface area contributed by atoms with Crippen LogP contribution in [-0.2, 0) is 0 Å². The van der Waals surface area contributed by atoms with Crippen molar-refractivity contribution in [3.05, 3.63) is 50.1 Å². The molecule has 20 heavy (non-hydrogen) atoms. The number of halogens is 1. The second-order valence-corrected chi connectivity index (χ2v) is 4.88. The summed E-state index contributed by atoms with van der Waals surface area (Å²) in [5.41, 5.74) is 0.637. The number of rotatable bonds is 3. The number of aryl methyl sites for hydroxylation is 2. The number of benzene rings is 1. The Morgan fingerprint density at radius 2 is 2.15 bits per heavy atom. The number of aromatic nitrogens is 1. The van der Waals surface area contributed by atoms with E-state index in [9.17, 15) is 14.9 Å². The summed E-state index contributed by atoms with van der Waals surface area (Å²) in [4.78, 5) is 26.3. The van der Waals surface area contributed by atoms with Gasteiger partial charge in [-0.15, -0.1) is 0 Å². The van der Waals surface area contributed by atoms with Crippen molar-refractivity contribution in [2.75, 3.05) is 5.32 Å². The van der Waals surface area contributed by atoms with Crippen LogP contribution in [0.2, 0.25) is 0 Å². The van der Waals surface area contributed by atoms with Crippen LogP contribution in [-0.4, -0.2) is 15.8 Å². The highest BCUT2D eigenvalue weighted by Crippen LogP contribution is 2.28. The van der Waals surface area contributed by atoms with Crippen LogP contribution < -0.4 is 5.32 Å². The highest BCUT2D eigenvalue weighted by Gasteiger charge is 2.18. The van der Waals surface area contributed by atoms with E-state index in [1.54, 1.807) is 19.9 Å². The van der Waals surface area contributed by atoms with Gasteiger partial charge in [0.2, 0.25) is 5.76 Å². The third-order valence-corrected chi connectivity index (χ3v) is 3.18. The Bertz CT molecular complexity index is 696. The quantitative estimate of drug-likeness (QED) is 0.683. The molecular formula is C12H10BrN3O4. The molecule has 8 heteroatoms. The zero-order valence-electron chi connectivity index (χ0n) is 10.6. The molecule has 0 spiro atoms. The average Bonchev–Trinajstić information content (AvgIpc) is 2.70. The van der Waals surface area contributed by atoms with Crippen molar-refractivity contribution in [1.82, 2.24) is 4.98 Å². The van der Waals surface area contributed by atoms with Crippen LogP contribution in [0, 0.1) is 24.0 Å². The lowest BCUT2D eigenvalue weighted by atomic mass is 10.2. The van der Waals surface area contributed by atoms with Crippen LogP contribution in [0.5, 0.6) is 0 Å². The fourth-order valence-electron chi connectivity index (χ4n) is 1.66. The minimum atomic E-state index is -0.538. The summed E-state index contributed by atoms with van der Waals surface area (Å²) in [5.74, 6) is -0.0257. The van der Waals surface area contributed by atoms with Gasteiger partial charge < -0.3 is 9.73 Å². The van der Waals surface area contributed by atoms with Crippen LogP contribution in [0.3, 0.4) is 0 Å². The van der Waals surface area contributed by atoms with E-state index in [0.29, 0.717) is 21.7 Å². The van der Waals surface area contributed by atoms with E-state index in [1.807, 2.05) is 0 Å². The number of anilines is 1. The van der Waals surface area contributed by atoms with Gasteiger partial charge in [0.1, 0.15) is 0 Å². The molecule has 0 bridgehead atoms. The van der Waals surface area contributed by atoms with Gasteiger partial charge in [-0.2, -0.15) is 0 Å². The minimum Gasteiger partial charge on any atom is -0.436 e. The van der Waals surface area contributed by atoms with E-state index in [2.05, 4.69) is 26.2 Å². The SMILES string of the molecule is Cc1nc(C)c(C(=O)Nc2ccc(Br)c([N+](=O)[O-])c2)o1. The fraction of sp³-hybridized carbons (Fsp3) is 0.167. The second kappa shape index (κ2) is 5.41. The fourth-order valence-corrected chi connectivity index (χ4v) is 2.05. The van der Waals surface area contributed by atoms with Gasteiger partial charge in [-0.1, -0.05) is 0 Å². The summed E-state index contributed by atoms with van der Waals surface area (Å²) in [6.45, 7) is 3.28. The number of hydrogen-bond donors (Lipinski definition) is 1. The molecular weight excluding hydrogens is 330 g/mol. The highest BCUT2D eigenvalue weighted by atomic mass is 79.9. The van der Waals surface area contributed by atoms with E-state index in [-0.39, 0.29) is 11.4 Å². The molecule has 0 unspecified atom stereocenters. The number of carbonyl (C=O) groups is 1. The molecule has 7 nitrogen and oxygen atoms in total. The van der Waals surface area contributed by atoms with Crippen LogP contribution in [0.4, 0.5) is 11.4 Å². The Labute approximate surface area is 122 Å². The van der Waals surface area contributed by atoms with Gasteiger partial charge in [-0.25, -0.2) is 4.98 Å². The van der Waals surface area contributed by atoms with Crippen LogP contribution in [0.25, 0.3) is 0 Å². The van der Waals surface area contributed by atoms with Gasteiger partial charge >= 0.3 is 0 Å². The molecule has 1 heterocycles. The molecule has 0 saturated carbocycles. The number of nitro groups is 1. The van der Waals surface area contributed by atoms with Gasteiger partial charge in [0.05, 0.1) is 15.1 Å². The number of amides is 1. The zero-order chi connectivity index (χ0) is 14.9. The van der Waals surface area contributed by atoms with Crippen LogP contribution >= 0.6 is 15.9 Å². The summed E-state index contributed by atoms with van der Waals surface area (Å²) in [6.07, 6.45) is 0. The summed E-state index contributed by atoms with van der Waals surface area (Å²) in [6, 6.07) is 4.31. The van der Waals surface area contributed by atoms with E-state index in [0.717, 1.165) is 0 Å². The van der Waals surface area contributed by atoms with Crippen molar-refractivity contribution < 1.29 is 14.1 Å². The van der Waals surface area contributed by atoms with Gasteiger partial charge in [0, 0.05) is 18.7 Å². The molecule has 0 radical (unpaired) electrons. The van der Waals surface area contributed by atoms with E-state index in [4.69, 9.17) is 4.42 Å².